The van der Waals surface area contributed by atoms with Crippen molar-refractivity contribution >= 4 is 34.8 Å². The molecular weight excluding hydrogens is 352 g/mol. The minimum Gasteiger partial charge on any atom is -0.395 e. The second-order valence-corrected chi connectivity index (χ2v) is 6.82. The Morgan fingerprint density at radius 2 is 2.36 bits per heavy atom. The molecule has 0 spiro atoms. The first-order chi connectivity index (χ1) is 12.0. The lowest BCUT2D eigenvalue weighted by Gasteiger charge is -2.22. The number of anilines is 1. The van der Waals surface area contributed by atoms with Crippen LogP contribution in [0.2, 0.25) is 0 Å². The maximum absolute atomic E-state index is 11.9. The summed E-state index contributed by atoms with van der Waals surface area (Å²) >= 11 is 1.24. The van der Waals surface area contributed by atoms with Gasteiger partial charge in [0, 0.05) is 7.05 Å². The number of aromatic amines is 1. The average Bonchev–Trinajstić information content (AvgIpc) is 3.13. The standard InChI is InChI=1S/C13H18N6O5S/c1-15-6(21)3-24-9-8(22)5(2-20)25-12(9)19-4-16-7-10(19)17-13(14)18-11(7)23/h4-5,8-9,12,20,22H,2-3H2,1H3,(H,15,21)(H3,14,17,18,23)/t5-,8?,9?,12-/m1/s1. The third kappa shape index (κ3) is 3.20. The number of H-pyrrole nitrogens is 1. The second-order valence-electron chi connectivity index (χ2n) is 5.46. The molecule has 0 saturated carbocycles. The molecule has 0 radical (unpaired) electrons. The number of imidazole rings is 1. The maximum Gasteiger partial charge on any atom is 0.280 e. The van der Waals surface area contributed by atoms with E-state index in [4.69, 9.17) is 10.5 Å². The number of aliphatic hydroxyl groups is 2. The lowest BCUT2D eigenvalue weighted by Crippen LogP contribution is -2.38. The highest BCUT2D eigenvalue weighted by Gasteiger charge is 2.45. The second kappa shape index (κ2) is 7.00. The lowest BCUT2D eigenvalue weighted by atomic mass is 10.1. The number of hydrogen-bond donors (Lipinski definition) is 5. The minimum absolute atomic E-state index is 0.0654. The largest absolute Gasteiger partial charge is 0.395 e. The molecule has 2 aromatic rings. The fourth-order valence-electron chi connectivity index (χ4n) is 2.65. The molecule has 6 N–H and O–H groups in total. The first-order valence-corrected chi connectivity index (χ1v) is 8.39. The molecule has 1 aliphatic heterocycles. The Kier molecular flexibility index (Phi) is 4.94. The number of carbonyl (C=O) groups excluding carboxylic acids is 1. The van der Waals surface area contributed by atoms with E-state index in [-0.39, 0.29) is 36.2 Å². The summed E-state index contributed by atoms with van der Waals surface area (Å²) < 4.78 is 7.11. The SMILES string of the molecule is CNC(=O)COC1C(O)[C@@H](CO)S[C@H]1n1cnc2c(=O)[nH]c(N)nc21. The van der Waals surface area contributed by atoms with Gasteiger partial charge in [-0.2, -0.15) is 4.98 Å². The first-order valence-electron chi connectivity index (χ1n) is 7.45. The van der Waals surface area contributed by atoms with E-state index in [1.807, 2.05) is 0 Å². The molecule has 136 valence electrons. The van der Waals surface area contributed by atoms with Crippen molar-refractivity contribution < 1.29 is 19.7 Å². The van der Waals surface area contributed by atoms with Crippen molar-refractivity contribution in [2.45, 2.75) is 22.8 Å². The van der Waals surface area contributed by atoms with Crippen molar-refractivity contribution in [1.82, 2.24) is 24.8 Å². The summed E-state index contributed by atoms with van der Waals surface area (Å²) in [5.41, 5.74) is 5.45. The molecule has 2 aromatic heterocycles. The van der Waals surface area contributed by atoms with Crippen molar-refractivity contribution in [2.75, 3.05) is 26.0 Å². The Morgan fingerprint density at radius 3 is 3.04 bits per heavy atom. The summed E-state index contributed by atoms with van der Waals surface area (Å²) in [5.74, 6) is -0.415. The summed E-state index contributed by atoms with van der Waals surface area (Å²) in [6.07, 6.45) is -0.423. The van der Waals surface area contributed by atoms with Gasteiger partial charge >= 0.3 is 0 Å². The summed E-state index contributed by atoms with van der Waals surface area (Å²) in [7, 11) is 1.47. The summed E-state index contributed by atoms with van der Waals surface area (Å²) in [6, 6.07) is 0. The number of nitrogens with two attached hydrogens (primary N) is 1. The van der Waals surface area contributed by atoms with Crippen LogP contribution < -0.4 is 16.6 Å². The molecule has 2 unspecified atom stereocenters. The number of aromatic nitrogens is 4. The van der Waals surface area contributed by atoms with Crippen molar-refractivity contribution in [3.05, 3.63) is 16.7 Å². The van der Waals surface area contributed by atoms with E-state index in [1.54, 1.807) is 4.57 Å². The molecule has 0 bridgehead atoms. The van der Waals surface area contributed by atoms with Gasteiger partial charge in [-0.15, -0.1) is 11.8 Å². The predicted molar refractivity (Wildman–Crippen MR) is 89.9 cm³/mol. The third-order valence-electron chi connectivity index (χ3n) is 3.90. The van der Waals surface area contributed by atoms with Crippen LogP contribution in [0.4, 0.5) is 5.95 Å². The Hall–Kier alpha value is -2.15. The van der Waals surface area contributed by atoms with Gasteiger partial charge in [-0.1, -0.05) is 0 Å². The minimum atomic E-state index is -1.01. The van der Waals surface area contributed by atoms with Crippen LogP contribution in [0.5, 0.6) is 0 Å². The van der Waals surface area contributed by atoms with Gasteiger partial charge in [-0.3, -0.25) is 19.1 Å². The number of nitrogens with zero attached hydrogens (tertiary/aromatic N) is 3. The van der Waals surface area contributed by atoms with Crippen LogP contribution in [-0.4, -0.2) is 73.4 Å². The first kappa shape index (κ1) is 17.7. The molecule has 3 rings (SSSR count). The molecular formula is C13H18N6O5S. The highest BCUT2D eigenvalue weighted by Crippen LogP contribution is 2.44. The van der Waals surface area contributed by atoms with E-state index in [0.717, 1.165) is 0 Å². The topological polar surface area (TPSA) is 168 Å². The highest BCUT2D eigenvalue weighted by atomic mass is 32.2. The van der Waals surface area contributed by atoms with Crippen molar-refractivity contribution in [3.8, 4) is 0 Å². The van der Waals surface area contributed by atoms with Crippen LogP contribution in [-0.2, 0) is 9.53 Å². The quantitative estimate of drug-likeness (QED) is 0.392. The van der Waals surface area contributed by atoms with Gasteiger partial charge in [-0.05, 0) is 0 Å². The van der Waals surface area contributed by atoms with E-state index in [0.29, 0.717) is 0 Å². The van der Waals surface area contributed by atoms with E-state index in [2.05, 4.69) is 20.3 Å². The Morgan fingerprint density at radius 1 is 1.60 bits per heavy atom. The number of likely N-dealkylation sites (N-methyl/N-ethyl adjacent to an activating group) is 1. The molecule has 0 aliphatic carbocycles. The van der Waals surface area contributed by atoms with Crippen LogP contribution in [0.3, 0.4) is 0 Å². The number of ether oxygens (including phenoxy) is 1. The Balaban J connectivity index is 1.98. The summed E-state index contributed by atoms with van der Waals surface area (Å²) in [4.78, 5) is 33.9. The van der Waals surface area contributed by atoms with Gasteiger partial charge in [0.2, 0.25) is 11.9 Å². The van der Waals surface area contributed by atoms with Crippen molar-refractivity contribution in [1.29, 1.82) is 0 Å². The predicted octanol–water partition coefficient (Wildman–Crippen LogP) is -2.20. The number of nitrogen functional groups attached to an aromatic ring is 1. The van der Waals surface area contributed by atoms with E-state index in [1.165, 1.54) is 25.1 Å². The molecule has 12 heteroatoms. The van der Waals surface area contributed by atoms with E-state index < -0.39 is 28.4 Å². The zero-order chi connectivity index (χ0) is 18.1. The number of rotatable bonds is 5. The van der Waals surface area contributed by atoms with Gasteiger partial charge in [0.15, 0.2) is 11.2 Å². The fraction of sp³-hybridized carbons (Fsp3) is 0.538. The Labute approximate surface area is 145 Å². The van der Waals surface area contributed by atoms with Crippen LogP contribution in [0, 0.1) is 0 Å². The molecule has 0 aromatic carbocycles. The summed E-state index contributed by atoms with van der Waals surface area (Å²) in [6.45, 7) is -0.527. The third-order valence-corrected chi connectivity index (χ3v) is 5.45. The molecule has 1 fully saturated rings. The number of nitrogens with one attached hydrogen (secondary N) is 2. The molecule has 3 heterocycles. The van der Waals surface area contributed by atoms with Gasteiger partial charge in [0.05, 0.1) is 24.3 Å². The number of carbonyl (C=O) groups is 1. The molecule has 11 nitrogen and oxygen atoms in total. The Bertz CT molecular complexity index is 838. The zero-order valence-corrected chi connectivity index (χ0v) is 14.1. The normalized spacial score (nSPS) is 26.2. The molecule has 1 saturated heterocycles. The monoisotopic (exact) mass is 370 g/mol. The van der Waals surface area contributed by atoms with Gasteiger partial charge in [0.25, 0.3) is 5.56 Å². The number of aliphatic hydroxyl groups excluding tert-OH is 2. The fourth-order valence-corrected chi connectivity index (χ4v) is 4.09. The number of amides is 1. The van der Waals surface area contributed by atoms with E-state index >= 15 is 0 Å². The van der Waals surface area contributed by atoms with Gasteiger partial charge in [0.1, 0.15) is 18.1 Å². The molecule has 1 amide bonds. The summed E-state index contributed by atoms with van der Waals surface area (Å²) in [5, 5.41) is 21.2. The van der Waals surface area contributed by atoms with Gasteiger partial charge in [-0.25, -0.2) is 4.98 Å². The lowest BCUT2D eigenvalue weighted by molar-refractivity contribution is -0.130. The van der Waals surface area contributed by atoms with Crippen molar-refractivity contribution in [2.24, 2.45) is 0 Å². The van der Waals surface area contributed by atoms with Crippen molar-refractivity contribution in [3.63, 3.8) is 0 Å². The average molecular weight is 370 g/mol. The number of hydrogen-bond acceptors (Lipinski definition) is 9. The van der Waals surface area contributed by atoms with Crippen LogP contribution in [0.1, 0.15) is 5.37 Å². The molecule has 25 heavy (non-hydrogen) atoms. The van der Waals surface area contributed by atoms with E-state index in [9.17, 15) is 19.8 Å². The molecule has 1 aliphatic rings. The highest BCUT2D eigenvalue weighted by molar-refractivity contribution is 8.00. The molecule has 4 atom stereocenters. The van der Waals surface area contributed by atoms with Crippen LogP contribution >= 0.6 is 11.8 Å². The van der Waals surface area contributed by atoms with Gasteiger partial charge < -0.3 is 26.0 Å². The van der Waals surface area contributed by atoms with Crippen LogP contribution in [0.15, 0.2) is 11.1 Å². The zero-order valence-electron chi connectivity index (χ0n) is 13.2. The smallest absolute Gasteiger partial charge is 0.280 e. The van der Waals surface area contributed by atoms with Crippen LogP contribution in [0.25, 0.3) is 11.2 Å². The number of fused-ring (bicyclic) bond motifs is 1. The number of thioether (sulfide) groups is 1. The maximum atomic E-state index is 11.9.